The van der Waals surface area contributed by atoms with E-state index in [1.165, 1.54) is 0 Å². The highest BCUT2D eigenvalue weighted by Gasteiger charge is 2.64. The maximum Gasteiger partial charge on any atom is 0.00968 e. The van der Waals surface area contributed by atoms with Crippen LogP contribution in [0.15, 0.2) is 84.2 Å². The minimum atomic E-state index is -0.423. The molecule has 8 saturated carbocycles. The normalized spacial score (nSPS) is 43.1. The van der Waals surface area contributed by atoms with Gasteiger partial charge < -0.3 is 0 Å². The molecular formula is C39H48P2. The topological polar surface area (TPSA) is 0 Å². The average Bonchev–Trinajstić information content (AvgIpc) is 3.41. The summed E-state index contributed by atoms with van der Waals surface area (Å²) in [7, 11) is -0.558. The molecule has 9 aliphatic rings. The molecule has 11 rings (SSSR count). The molecule has 2 atom stereocenters. The summed E-state index contributed by atoms with van der Waals surface area (Å²) >= 11 is 0. The summed E-state index contributed by atoms with van der Waals surface area (Å²) in [5.74, 6) is 6.93. The second kappa shape index (κ2) is 9.90. The molecule has 2 heteroatoms. The maximum atomic E-state index is 2.74. The predicted molar refractivity (Wildman–Crippen MR) is 178 cm³/mol. The molecule has 2 aromatic carbocycles. The SMILES string of the molecule is C[C@@H](C1C=CC=C1P(C12CC3CC(CC(C3)C1)C2)C12CC3CC(CC(C3)C1)C2)P(c1ccccc1)c1ccccc1. The van der Waals surface area contributed by atoms with Crippen LogP contribution < -0.4 is 10.6 Å². The van der Waals surface area contributed by atoms with E-state index in [1.54, 1.807) is 87.7 Å². The maximum absolute atomic E-state index is 2.74. The summed E-state index contributed by atoms with van der Waals surface area (Å²) in [4.78, 5) is 0. The largest absolute Gasteiger partial charge is 0.0763 e. The molecule has 0 spiro atoms. The minimum Gasteiger partial charge on any atom is -0.0763 e. The third-order valence-electron chi connectivity index (χ3n) is 13.1. The summed E-state index contributed by atoms with van der Waals surface area (Å²) in [5.41, 5.74) is 0.632. The van der Waals surface area contributed by atoms with Crippen molar-refractivity contribution in [2.45, 2.75) is 99.9 Å². The fourth-order valence-electron chi connectivity index (χ4n) is 12.8. The third kappa shape index (κ3) is 4.27. The van der Waals surface area contributed by atoms with Crippen LogP contribution >= 0.6 is 15.8 Å². The van der Waals surface area contributed by atoms with Gasteiger partial charge in [0.1, 0.15) is 0 Å². The van der Waals surface area contributed by atoms with E-state index >= 15 is 0 Å². The first kappa shape index (κ1) is 26.2. The van der Waals surface area contributed by atoms with Gasteiger partial charge in [-0.1, -0.05) is 93.7 Å². The highest BCUT2D eigenvalue weighted by molar-refractivity contribution is 7.73. The molecule has 0 radical (unpaired) electrons. The van der Waals surface area contributed by atoms with Crippen molar-refractivity contribution in [1.29, 1.82) is 0 Å². The van der Waals surface area contributed by atoms with Gasteiger partial charge in [0.15, 0.2) is 0 Å². The predicted octanol–water partition coefficient (Wildman–Crippen LogP) is 10.00. The molecule has 0 amide bonds. The summed E-state index contributed by atoms with van der Waals surface area (Å²) in [6, 6.07) is 23.2. The van der Waals surface area contributed by atoms with Crippen molar-refractivity contribution < 1.29 is 0 Å². The first-order valence-electron chi connectivity index (χ1n) is 17.2. The Kier molecular flexibility index (Phi) is 6.33. The molecule has 8 fully saturated rings. The zero-order valence-corrected chi connectivity index (χ0v) is 26.8. The van der Waals surface area contributed by atoms with Gasteiger partial charge in [0.25, 0.3) is 0 Å². The van der Waals surface area contributed by atoms with Crippen LogP contribution in [0.2, 0.25) is 0 Å². The molecule has 1 unspecified atom stereocenters. The standard InChI is InChI=1S/C39H48P2/c1-27(40(34-9-4-2-5-10-34)35-11-6-3-7-12-35)36-13-8-14-37(36)41(38-21-28-15-29(22-38)17-30(16-28)23-38)39-24-31-18-32(25-39)20-33(19-31)26-39/h2-14,27-33,36H,15-26H2,1H3/t27-,28?,29?,30?,31?,32?,33?,36?,38?,39?,41?/m0/s1. The smallest absolute Gasteiger partial charge is 0.00968 e. The quantitative estimate of drug-likeness (QED) is 0.287. The third-order valence-corrected chi connectivity index (χ3v) is 19.9. The number of allylic oxidation sites excluding steroid dienone is 4. The highest BCUT2D eigenvalue weighted by Crippen LogP contribution is 2.82. The fourth-order valence-corrected chi connectivity index (χ4v) is 21.3. The summed E-state index contributed by atoms with van der Waals surface area (Å²) in [5, 5.41) is 6.43. The van der Waals surface area contributed by atoms with Gasteiger partial charge in [0.2, 0.25) is 0 Å². The van der Waals surface area contributed by atoms with Crippen molar-refractivity contribution in [3.63, 3.8) is 0 Å². The fraction of sp³-hybridized carbons (Fsp3) is 0.590. The van der Waals surface area contributed by atoms with E-state index in [4.69, 9.17) is 0 Å². The lowest BCUT2D eigenvalue weighted by Gasteiger charge is -2.68. The molecule has 41 heavy (non-hydrogen) atoms. The highest BCUT2D eigenvalue weighted by atomic mass is 31.1. The Morgan fingerprint density at radius 2 is 0.976 bits per heavy atom. The van der Waals surface area contributed by atoms with Crippen molar-refractivity contribution in [2.75, 3.05) is 0 Å². The molecule has 8 bridgehead atoms. The Morgan fingerprint density at radius 3 is 1.37 bits per heavy atom. The Labute approximate surface area is 251 Å². The Morgan fingerprint density at radius 1 is 0.585 bits per heavy atom. The average molecular weight is 579 g/mol. The Balaban J connectivity index is 1.15. The van der Waals surface area contributed by atoms with Gasteiger partial charge in [0.05, 0.1) is 0 Å². The van der Waals surface area contributed by atoms with E-state index in [0.29, 0.717) is 21.9 Å². The molecule has 2 aromatic rings. The van der Waals surface area contributed by atoms with E-state index in [0.717, 1.165) is 35.5 Å². The van der Waals surface area contributed by atoms with Gasteiger partial charge in [-0.25, -0.2) is 0 Å². The number of benzene rings is 2. The zero-order valence-electron chi connectivity index (χ0n) is 25.0. The van der Waals surface area contributed by atoms with Crippen molar-refractivity contribution in [3.05, 3.63) is 84.2 Å². The first-order valence-corrected chi connectivity index (χ1v) is 19.9. The summed E-state index contributed by atoms with van der Waals surface area (Å²) < 4.78 is 0. The summed E-state index contributed by atoms with van der Waals surface area (Å²) in [6.07, 6.45) is 27.0. The van der Waals surface area contributed by atoms with Gasteiger partial charge >= 0.3 is 0 Å². The lowest BCUT2D eigenvalue weighted by atomic mass is 9.55. The van der Waals surface area contributed by atoms with Crippen LogP contribution in [0.25, 0.3) is 0 Å². The van der Waals surface area contributed by atoms with Crippen molar-refractivity contribution in [1.82, 2.24) is 0 Å². The van der Waals surface area contributed by atoms with Crippen LogP contribution in [0.3, 0.4) is 0 Å². The molecule has 214 valence electrons. The van der Waals surface area contributed by atoms with E-state index in [1.807, 2.05) is 5.31 Å². The monoisotopic (exact) mass is 578 g/mol. The van der Waals surface area contributed by atoms with Crippen molar-refractivity contribution in [3.8, 4) is 0 Å². The number of rotatable bonds is 7. The molecule has 9 aliphatic carbocycles. The van der Waals surface area contributed by atoms with Crippen LogP contribution in [0.1, 0.15) is 84.0 Å². The van der Waals surface area contributed by atoms with Crippen LogP contribution in [-0.2, 0) is 0 Å². The van der Waals surface area contributed by atoms with Gasteiger partial charge in [-0.2, -0.15) is 0 Å². The number of hydrogen-bond donors (Lipinski definition) is 0. The molecule has 0 aromatic heterocycles. The first-order chi connectivity index (χ1) is 20.1. The molecular weight excluding hydrogens is 530 g/mol. The molecule has 0 saturated heterocycles. The second-order valence-corrected chi connectivity index (χ2v) is 21.6. The van der Waals surface area contributed by atoms with E-state index < -0.39 is 7.92 Å². The lowest BCUT2D eigenvalue weighted by molar-refractivity contribution is 0.0190. The zero-order chi connectivity index (χ0) is 27.2. The van der Waals surface area contributed by atoms with Crippen LogP contribution in [0.5, 0.6) is 0 Å². The summed E-state index contributed by atoms with van der Waals surface area (Å²) in [6.45, 7) is 2.65. The second-order valence-electron chi connectivity index (χ2n) is 15.9. The van der Waals surface area contributed by atoms with Crippen molar-refractivity contribution >= 4 is 26.5 Å². The van der Waals surface area contributed by atoms with E-state index in [9.17, 15) is 0 Å². The number of hydrogen-bond acceptors (Lipinski definition) is 0. The molecule has 0 nitrogen and oxygen atoms in total. The molecule has 0 aliphatic heterocycles. The molecule has 0 heterocycles. The van der Waals surface area contributed by atoms with E-state index in [2.05, 4.69) is 85.8 Å². The molecule has 0 N–H and O–H groups in total. The van der Waals surface area contributed by atoms with Crippen LogP contribution in [0.4, 0.5) is 0 Å². The Hall–Kier alpha value is -1.22. The minimum absolute atomic E-state index is 0.135. The lowest BCUT2D eigenvalue weighted by Crippen LogP contribution is -2.57. The van der Waals surface area contributed by atoms with Gasteiger partial charge in [0, 0.05) is 5.92 Å². The van der Waals surface area contributed by atoms with Gasteiger partial charge in [-0.3, -0.25) is 0 Å². The Bertz CT molecular complexity index is 1180. The van der Waals surface area contributed by atoms with Gasteiger partial charge in [-0.15, -0.1) is 0 Å². The van der Waals surface area contributed by atoms with Gasteiger partial charge in [-0.05, 0) is 152 Å². The van der Waals surface area contributed by atoms with Crippen LogP contribution in [0, 0.1) is 41.4 Å². The van der Waals surface area contributed by atoms with E-state index in [-0.39, 0.29) is 7.92 Å². The van der Waals surface area contributed by atoms with Crippen LogP contribution in [-0.4, -0.2) is 16.0 Å². The van der Waals surface area contributed by atoms with Crippen molar-refractivity contribution in [2.24, 2.45) is 41.4 Å².